The van der Waals surface area contributed by atoms with E-state index in [1.807, 2.05) is 0 Å². The van der Waals surface area contributed by atoms with Crippen LogP contribution in [0.1, 0.15) is 71.6 Å². The lowest BCUT2D eigenvalue weighted by Gasteiger charge is -2.37. The van der Waals surface area contributed by atoms with E-state index >= 15 is 0 Å². The van der Waals surface area contributed by atoms with Gasteiger partial charge in [-0.15, -0.1) is 0 Å². The molecule has 56 heavy (non-hydrogen) atoms. The molecule has 9 heterocycles. The zero-order chi connectivity index (χ0) is 35.3. The molecule has 12 heteroatoms. The molecule has 0 aliphatic carbocycles. The van der Waals surface area contributed by atoms with Crippen LogP contribution in [0.5, 0.6) is 0 Å². The number of rotatable bonds is 4. The van der Waals surface area contributed by atoms with Crippen molar-refractivity contribution in [2.75, 3.05) is 0 Å². The molecule has 12 unspecified atom stereocenters. The first-order chi connectivity index (χ1) is 25.4. The minimum atomic E-state index is 0. The molecule has 4 aromatic rings. The van der Waals surface area contributed by atoms with E-state index in [1.165, 1.54) is 22.3 Å². The zero-order valence-corrected chi connectivity index (χ0v) is 35.6. The Labute approximate surface area is 357 Å². The smallest absolute Gasteiger partial charge is 0.172 e. The minimum absolute atomic E-state index is 0. The quantitative estimate of drug-likeness (QED) is 0.122. The third kappa shape index (κ3) is 8.74. The summed E-state index contributed by atoms with van der Waals surface area (Å²) in [5, 5.41) is 17.2. The van der Waals surface area contributed by atoms with Crippen molar-refractivity contribution >= 4 is 0 Å². The predicted molar refractivity (Wildman–Crippen MR) is 201 cm³/mol. The molecule has 3 saturated heterocycles. The van der Waals surface area contributed by atoms with Crippen LogP contribution in [-0.2, 0) is 28.2 Å². The number of nitrogens with zero attached hydrogens (tertiary/aromatic N) is 4. The first-order valence-corrected chi connectivity index (χ1v) is 19.6. The minimum Gasteiger partial charge on any atom is -1.00 e. The lowest BCUT2D eigenvalue weighted by atomic mass is 9.83. The van der Waals surface area contributed by atoms with Gasteiger partial charge in [0, 0.05) is 119 Å². The Morgan fingerprint density at radius 3 is 0.821 bits per heavy atom. The maximum Gasteiger partial charge on any atom is 0.172 e. The fraction of sp³-hybridized carbons (Fsp3) is 0.455. The molecule has 0 spiro atoms. The highest BCUT2D eigenvalue weighted by Crippen LogP contribution is 2.43. The Hall–Kier alpha value is -2.92. The fourth-order valence-corrected chi connectivity index (χ4v) is 10.8. The first-order valence-electron chi connectivity index (χ1n) is 19.6. The molecule has 0 amide bonds. The van der Waals surface area contributed by atoms with Crippen LogP contribution in [0.4, 0.5) is 0 Å². The van der Waals surface area contributed by atoms with E-state index in [9.17, 15) is 0 Å². The third-order valence-electron chi connectivity index (χ3n) is 12.9. The van der Waals surface area contributed by atoms with Gasteiger partial charge in [-0.25, -0.2) is 18.3 Å². The van der Waals surface area contributed by atoms with E-state index in [0.717, 1.165) is 25.7 Å². The van der Waals surface area contributed by atoms with Gasteiger partial charge in [0.1, 0.15) is 28.2 Å². The number of fused-ring (bicyclic) bond motifs is 8. The second-order valence-corrected chi connectivity index (χ2v) is 16.4. The van der Waals surface area contributed by atoms with Crippen LogP contribution in [0.2, 0.25) is 0 Å². The number of hydrogen-bond donors (Lipinski definition) is 4. The van der Waals surface area contributed by atoms with Crippen LogP contribution < -0.4 is 89.2 Å². The number of halogens is 4. The van der Waals surface area contributed by atoms with Crippen LogP contribution in [0.25, 0.3) is 0 Å². The molecule has 8 bridgehead atoms. The second kappa shape index (κ2) is 18.8. The summed E-state index contributed by atoms with van der Waals surface area (Å²) in [5.41, 5.74) is 5.59. The standard InChI is InChI=1S/C44H56N8.4ClH/c1-49-21-5-9-29(25-49)41-33-13-15-35(45-33)42(30-10-6-22-50(2)26-30)37-17-19-39(47-37)44(32-12-8-24-52(4)28-32)40-20-18-38(48-40)43(36-16-14-34(41)46-36)31-11-7-23-51(3)27-31;;;;/h5-13,15,18,20-28,33-48H,14,16-17,19H2,1-4H3;4*1H/q+4;;;;/p-4. The largest absolute Gasteiger partial charge is 1.00 e. The van der Waals surface area contributed by atoms with Crippen molar-refractivity contribution in [3.8, 4) is 0 Å². The number of pyridine rings is 4. The fourth-order valence-electron chi connectivity index (χ4n) is 10.8. The van der Waals surface area contributed by atoms with Crippen LogP contribution in [0.15, 0.2) is 122 Å². The van der Waals surface area contributed by atoms with E-state index in [4.69, 9.17) is 0 Å². The molecule has 5 aliphatic rings. The Morgan fingerprint density at radius 1 is 0.375 bits per heavy atom. The number of aromatic nitrogens is 4. The Morgan fingerprint density at radius 2 is 0.607 bits per heavy atom. The summed E-state index contributed by atoms with van der Waals surface area (Å²) in [6.45, 7) is 0. The average molecular weight is 839 g/mol. The topological polar surface area (TPSA) is 63.6 Å². The molecular weight excluding hydrogens is 782 g/mol. The van der Waals surface area contributed by atoms with Crippen LogP contribution in [0.3, 0.4) is 0 Å². The Balaban J connectivity index is 0.00000150. The zero-order valence-electron chi connectivity index (χ0n) is 32.6. The van der Waals surface area contributed by atoms with E-state index in [2.05, 4.69) is 190 Å². The van der Waals surface area contributed by atoms with Gasteiger partial charge in [0.25, 0.3) is 0 Å². The van der Waals surface area contributed by atoms with E-state index in [0.29, 0.717) is 47.8 Å². The van der Waals surface area contributed by atoms with Crippen molar-refractivity contribution in [1.29, 1.82) is 0 Å². The SMILES string of the molecule is C[n+]1cccc(C2C3C=CC(N3)C(c3ccc[n+](C)c3)C3CCC(N3)C(c3ccc[n+](C)c3)C3C=CC(N3)C(c3ccc[n+](C)c3)C3CCC2N3)c1.[Cl-].[Cl-].[Cl-].[Cl-]. The summed E-state index contributed by atoms with van der Waals surface area (Å²) in [6.07, 6.45) is 32.6. The summed E-state index contributed by atoms with van der Waals surface area (Å²) >= 11 is 0. The van der Waals surface area contributed by atoms with E-state index in [-0.39, 0.29) is 73.8 Å². The summed E-state index contributed by atoms with van der Waals surface area (Å²) in [7, 11) is 8.61. The summed E-state index contributed by atoms with van der Waals surface area (Å²) in [5.74, 6) is 1.22. The highest BCUT2D eigenvalue weighted by atomic mass is 35.5. The molecule has 300 valence electrons. The molecule has 3 fully saturated rings. The highest BCUT2D eigenvalue weighted by molar-refractivity contribution is 5.34. The molecule has 4 N–H and O–H groups in total. The molecule has 9 rings (SSSR count). The highest BCUT2D eigenvalue weighted by Gasteiger charge is 2.48. The maximum atomic E-state index is 4.32. The molecular formula is C44H56Cl4N8. The van der Waals surface area contributed by atoms with Gasteiger partial charge in [-0.05, 0) is 49.9 Å². The van der Waals surface area contributed by atoms with Gasteiger partial charge in [-0.3, -0.25) is 0 Å². The number of hydrogen-bond acceptors (Lipinski definition) is 4. The van der Waals surface area contributed by atoms with Crippen molar-refractivity contribution in [2.24, 2.45) is 28.2 Å². The van der Waals surface area contributed by atoms with Crippen molar-refractivity contribution < 1.29 is 67.9 Å². The summed E-state index contributed by atoms with van der Waals surface area (Å²) in [4.78, 5) is 0. The average Bonchev–Trinajstić information content (AvgIpc) is 3.96. The molecule has 4 aromatic heterocycles. The Kier molecular flexibility index (Phi) is 14.8. The van der Waals surface area contributed by atoms with E-state index < -0.39 is 0 Å². The number of nitrogens with one attached hydrogen (secondary N) is 4. The predicted octanol–water partition coefficient (Wildman–Crippen LogP) is -9.52. The molecule has 8 nitrogen and oxygen atoms in total. The van der Waals surface area contributed by atoms with Crippen molar-refractivity contribution in [3.05, 3.63) is 145 Å². The van der Waals surface area contributed by atoms with Gasteiger partial charge in [0.2, 0.25) is 0 Å². The lowest BCUT2D eigenvalue weighted by molar-refractivity contribution is -0.672. The van der Waals surface area contributed by atoms with Gasteiger partial charge in [-0.1, -0.05) is 24.3 Å². The van der Waals surface area contributed by atoms with E-state index in [1.54, 1.807) is 0 Å². The van der Waals surface area contributed by atoms with Crippen LogP contribution in [-0.4, -0.2) is 48.3 Å². The molecule has 0 aromatic carbocycles. The number of aryl methyl sites for hydroxylation is 4. The first kappa shape index (κ1) is 44.2. The maximum absolute atomic E-state index is 4.32. The van der Waals surface area contributed by atoms with Gasteiger partial charge < -0.3 is 70.9 Å². The second-order valence-electron chi connectivity index (χ2n) is 16.4. The van der Waals surface area contributed by atoms with Crippen LogP contribution in [0, 0.1) is 0 Å². The normalized spacial score (nSPS) is 32.8. The molecule has 12 atom stereocenters. The third-order valence-corrected chi connectivity index (χ3v) is 12.9. The van der Waals surface area contributed by atoms with Gasteiger partial charge in [0.15, 0.2) is 49.6 Å². The lowest BCUT2D eigenvalue weighted by Crippen LogP contribution is -3.00. The molecule has 0 saturated carbocycles. The summed E-state index contributed by atoms with van der Waals surface area (Å²) < 4.78 is 8.87. The monoisotopic (exact) mass is 836 g/mol. The van der Waals surface area contributed by atoms with Gasteiger partial charge in [-0.2, -0.15) is 0 Å². The van der Waals surface area contributed by atoms with Gasteiger partial charge in [0.05, 0.1) is 0 Å². The van der Waals surface area contributed by atoms with Crippen molar-refractivity contribution in [1.82, 2.24) is 21.3 Å². The van der Waals surface area contributed by atoms with Gasteiger partial charge >= 0.3 is 0 Å². The summed E-state index contributed by atoms with van der Waals surface area (Å²) in [6, 6.07) is 20.6. The van der Waals surface area contributed by atoms with Crippen molar-refractivity contribution in [2.45, 2.75) is 97.7 Å². The Bertz CT molecular complexity index is 1720. The molecule has 5 aliphatic heterocycles. The molecule has 0 radical (unpaired) electrons. The van der Waals surface area contributed by atoms with Crippen molar-refractivity contribution in [3.63, 3.8) is 0 Å². The van der Waals surface area contributed by atoms with Crippen LogP contribution >= 0.6 is 0 Å².